The molecular formula is C13H16F2N2. The highest BCUT2D eigenvalue weighted by molar-refractivity contribution is 5.18. The Labute approximate surface area is 100 Å². The van der Waals surface area contributed by atoms with E-state index >= 15 is 0 Å². The molecule has 0 saturated carbocycles. The van der Waals surface area contributed by atoms with Gasteiger partial charge in [-0.25, -0.2) is 8.78 Å². The van der Waals surface area contributed by atoms with Crippen LogP contribution in [0.15, 0.2) is 18.2 Å². The minimum atomic E-state index is -0.822. The SMILES string of the molecule is CCC(C#N)CNCCc1ccc(F)c(F)c1. The van der Waals surface area contributed by atoms with Crippen molar-refractivity contribution < 1.29 is 8.78 Å². The summed E-state index contributed by atoms with van der Waals surface area (Å²) < 4.78 is 25.5. The second-order valence-electron chi connectivity index (χ2n) is 3.94. The Morgan fingerprint density at radius 2 is 2.12 bits per heavy atom. The highest BCUT2D eigenvalue weighted by Gasteiger charge is 2.04. The summed E-state index contributed by atoms with van der Waals surface area (Å²) in [7, 11) is 0. The van der Waals surface area contributed by atoms with Crippen LogP contribution in [0.4, 0.5) is 8.78 Å². The first-order valence-electron chi connectivity index (χ1n) is 5.71. The van der Waals surface area contributed by atoms with E-state index in [0.717, 1.165) is 18.1 Å². The van der Waals surface area contributed by atoms with E-state index < -0.39 is 11.6 Å². The van der Waals surface area contributed by atoms with Gasteiger partial charge in [0.05, 0.1) is 12.0 Å². The van der Waals surface area contributed by atoms with Crippen molar-refractivity contribution in [3.05, 3.63) is 35.4 Å². The predicted molar refractivity (Wildman–Crippen MR) is 62.3 cm³/mol. The molecule has 1 atom stereocenters. The summed E-state index contributed by atoms with van der Waals surface area (Å²) in [4.78, 5) is 0. The molecule has 1 unspecified atom stereocenters. The molecule has 0 aliphatic rings. The summed E-state index contributed by atoms with van der Waals surface area (Å²) >= 11 is 0. The first-order chi connectivity index (χ1) is 8.17. The van der Waals surface area contributed by atoms with Gasteiger partial charge in [0.25, 0.3) is 0 Å². The molecule has 0 aromatic heterocycles. The Kier molecular flexibility index (Phi) is 5.58. The van der Waals surface area contributed by atoms with E-state index in [1.807, 2.05) is 6.92 Å². The van der Waals surface area contributed by atoms with Crippen molar-refractivity contribution >= 4 is 0 Å². The molecular weight excluding hydrogens is 222 g/mol. The van der Waals surface area contributed by atoms with E-state index in [4.69, 9.17) is 5.26 Å². The first-order valence-corrected chi connectivity index (χ1v) is 5.71. The van der Waals surface area contributed by atoms with Gasteiger partial charge in [-0.15, -0.1) is 0 Å². The van der Waals surface area contributed by atoms with Gasteiger partial charge in [0.2, 0.25) is 0 Å². The maximum atomic E-state index is 12.9. The van der Waals surface area contributed by atoms with Crippen LogP contribution in [-0.4, -0.2) is 13.1 Å². The van der Waals surface area contributed by atoms with Gasteiger partial charge < -0.3 is 5.32 Å². The molecule has 1 aromatic rings. The zero-order valence-electron chi connectivity index (χ0n) is 9.84. The standard InChI is InChI=1S/C13H16F2N2/c1-2-10(8-16)9-17-6-5-11-3-4-12(14)13(15)7-11/h3-4,7,10,17H,2,5-6,9H2,1H3. The van der Waals surface area contributed by atoms with E-state index in [-0.39, 0.29) is 5.92 Å². The predicted octanol–water partition coefficient (Wildman–Crippen LogP) is 2.65. The minimum absolute atomic E-state index is 0.0138. The van der Waals surface area contributed by atoms with Crippen LogP contribution in [0, 0.1) is 28.9 Å². The minimum Gasteiger partial charge on any atom is -0.315 e. The van der Waals surface area contributed by atoms with Gasteiger partial charge >= 0.3 is 0 Å². The molecule has 0 saturated heterocycles. The number of nitrogens with one attached hydrogen (secondary N) is 1. The normalized spacial score (nSPS) is 12.1. The lowest BCUT2D eigenvalue weighted by atomic mass is 10.1. The number of hydrogen-bond donors (Lipinski definition) is 1. The monoisotopic (exact) mass is 238 g/mol. The van der Waals surface area contributed by atoms with Crippen molar-refractivity contribution in [1.29, 1.82) is 5.26 Å². The molecule has 1 N–H and O–H groups in total. The molecule has 0 bridgehead atoms. The highest BCUT2D eigenvalue weighted by Crippen LogP contribution is 2.08. The summed E-state index contributed by atoms with van der Waals surface area (Å²) in [5, 5.41) is 11.9. The van der Waals surface area contributed by atoms with Gasteiger partial charge in [0.15, 0.2) is 11.6 Å². The molecule has 0 fully saturated rings. The van der Waals surface area contributed by atoms with Gasteiger partial charge in [-0.2, -0.15) is 5.26 Å². The van der Waals surface area contributed by atoms with E-state index in [9.17, 15) is 8.78 Å². The number of hydrogen-bond acceptors (Lipinski definition) is 2. The van der Waals surface area contributed by atoms with Crippen molar-refractivity contribution in [3.63, 3.8) is 0 Å². The van der Waals surface area contributed by atoms with Crippen LogP contribution in [0.3, 0.4) is 0 Å². The van der Waals surface area contributed by atoms with Crippen molar-refractivity contribution in [3.8, 4) is 6.07 Å². The van der Waals surface area contributed by atoms with Crippen LogP contribution in [0.25, 0.3) is 0 Å². The molecule has 0 heterocycles. The lowest BCUT2D eigenvalue weighted by Gasteiger charge is -2.08. The Hall–Kier alpha value is -1.47. The molecule has 0 aliphatic carbocycles. The van der Waals surface area contributed by atoms with Crippen LogP contribution in [-0.2, 0) is 6.42 Å². The van der Waals surface area contributed by atoms with E-state index in [0.29, 0.717) is 19.5 Å². The van der Waals surface area contributed by atoms with Crippen molar-refractivity contribution in [1.82, 2.24) is 5.32 Å². The zero-order valence-corrected chi connectivity index (χ0v) is 9.84. The lowest BCUT2D eigenvalue weighted by molar-refractivity contribution is 0.506. The third-order valence-corrected chi connectivity index (χ3v) is 2.64. The van der Waals surface area contributed by atoms with E-state index in [2.05, 4.69) is 11.4 Å². The highest BCUT2D eigenvalue weighted by atomic mass is 19.2. The molecule has 0 radical (unpaired) electrons. The van der Waals surface area contributed by atoms with Gasteiger partial charge in [-0.1, -0.05) is 13.0 Å². The number of rotatable bonds is 6. The smallest absolute Gasteiger partial charge is 0.159 e. The summed E-state index contributed by atoms with van der Waals surface area (Å²) in [6.45, 7) is 3.25. The second-order valence-corrected chi connectivity index (χ2v) is 3.94. The molecule has 1 aromatic carbocycles. The Morgan fingerprint density at radius 3 is 2.71 bits per heavy atom. The van der Waals surface area contributed by atoms with Crippen LogP contribution < -0.4 is 5.32 Å². The maximum Gasteiger partial charge on any atom is 0.159 e. The van der Waals surface area contributed by atoms with Crippen LogP contribution >= 0.6 is 0 Å². The van der Waals surface area contributed by atoms with Crippen molar-refractivity contribution in [2.75, 3.05) is 13.1 Å². The van der Waals surface area contributed by atoms with Crippen LogP contribution in [0.1, 0.15) is 18.9 Å². The van der Waals surface area contributed by atoms with Gasteiger partial charge in [0.1, 0.15) is 0 Å². The summed E-state index contributed by atoms with van der Waals surface area (Å²) in [5.74, 6) is -1.62. The average molecular weight is 238 g/mol. The molecule has 0 amide bonds. The molecule has 2 nitrogen and oxygen atoms in total. The summed E-state index contributed by atoms with van der Waals surface area (Å²) in [6, 6.07) is 6.11. The Balaban J connectivity index is 2.31. The maximum absolute atomic E-state index is 12.9. The third-order valence-electron chi connectivity index (χ3n) is 2.64. The van der Waals surface area contributed by atoms with Crippen LogP contribution in [0.5, 0.6) is 0 Å². The van der Waals surface area contributed by atoms with Gasteiger partial charge in [-0.3, -0.25) is 0 Å². The number of halogens is 2. The molecule has 92 valence electrons. The third kappa shape index (κ3) is 4.49. The summed E-state index contributed by atoms with van der Waals surface area (Å²) in [5.41, 5.74) is 0.751. The summed E-state index contributed by atoms with van der Waals surface area (Å²) in [6.07, 6.45) is 1.44. The average Bonchev–Trinajstić information content (AvgIpc) is 2.34. The van der Waals surface area contributed by atoms with Gasteiger partial charge in [-0.05, 0) is 37.1 Å². The van der Waals surface area contributed by atoms with Gasteiger partial charge in [0, 0.05) is 6.54 Å². The number of nitrogens with zero attached hydrogens (tertiary/aromatic N) is 1. The topological polar surface area (TPSA) is 35.8 Å². The van der Waals surface area contributed by atoms with E-state index in [1.165, 1.54) is 6.07 Å². The quantitative estimate of drug-likeness (QED) is 0.773. The molecule has 1 rings (SSSR count). The zero-order chi connectivity index (χ0) is 12.7. The van der Waals surface area contributed by atoms with Crippen LogP contribution in [0.2, 0.25) is 0 Å². The second kappa shape index (κ2) is 6.97. The lowest BCUT2D eigenvalue weighted by Crippen LogP contribution is -2.23. The first kappa shape index (κ1) is 13.6. The molecule has 0 aliphatic heterocycles. The van der Waals surface area contributed by atoms with E-state index in [1.54, 1.807) is 6.07 Å². The Bertz CT molecular complexity index is 399. The van der Waals surface area contributed by atoms with Crippen molar-refractivity contribution in [2.24, 2.45) is 5.92 Å². The fourth-order valence-corrected chi connectivity index (χ4v) is 1.49. The number of benzene rings is 1. The molecule has 0 spiro atoms. The Morgan fingerprint density at radius 1 is 1.35 bits per heavy atom. The fraction of sp³-hybridized carbons (Fsp3) is 0.462. The fourth-order valence-electron chi connectivity index (χ4n) is 1.49. The molecule has 4 heteroatoms. The van der Waals surface area contributed by atoms with Crippen molar-refractivity contribution in [2.45, 2.75) is 19.8 Å². The number of nitriles is 1. The molecule has 17 heavy (non-hydrogen) atoms. The largest absolute Gasteiger partial charge is 0.315 e.